The summed E-state index contributed by atoms with van der Waals surface area (Å²) in [6.07, 6.45) is 3.19. The Morgan fingerprint density at radius 3 is 3.20 bits per heavy atom. The van der Waals surface area contributed by atoms with Crippen molar-refractivity contribution in [1.29, 1.82) is 0 Å². The maximum atomic E-state index is 13.2. The van der Waals surface area contributed by atoms with Crippen LogP contribution in [0.1, 0.15) is 5.69 Å². The Bertz CT molecular complexity index is 302. The molecule has 0 aromatic carbocycles. The second kappa shape index (κ2) is 4.24. The Morgan fingerprint density at radius 2 is 2.47 bits per heavy atom. The Morgan fingerprint density at radius 1 is 1.60 bits per heavy atom. The number of ether oxygens (including phenoxy) is 1. The lowest BCUT2D eigenvalue weighted by atomic mass is 10.3. The van der Waals surface area contributed by atoms with Crippen molar-refractivity contribution in [2.24, 2.45) is 0 Å². The lowest BCUT2D eigenvalue weighted by Gasteiger charge is -2.21. The largest absolute Gasteiger partial charge is 0.374 e. The fourth-order valence-corrected chi connectivity index (χ4v) is 1.61. The molecule has 0 unspecified atom stereocenters. The molecule has 1 aliphatic rings. The van der Waals surface area contributed by atoms with Gasteiger partial charge in [-0.15, -0.1) is 0 Å². The molecule has 2 heterocycles. The molecular weight excluding hydrogens is 204 g/mol. The zero-order chi connectivity index (χ0) is 10.7. The molecule has 0 spiro atoms. The van der Waals surface area contributed by atoms with Crippen LogP contribution >= 0.6 is 0 Å². The van der Waals surface area contributed by atoms with Gasteiger partial charge in [0.25, 0.3) is 5.92 Å². The number of aromatic amines is 1. The Hall–Kier alpha value is -1.01. The number of nitrogens with zero attached hydrogens (tertiary/aromatic N) is 2. The van der Waals surface area contributed by atoms with E-state index in [1.807, 2.05) is 0 Å². The third-order valence-corrected chi connectivity index (χ3v) is 2.27. The molecule has 1 aromatic heterocycles. The first-order chi connectivity index (χ1) is 7.16. The van der Waals surface area contributed by atoms with Crippen LogP contribution in [0, 0.1) is 0 Å². The third kappa shape index (κ3) is 2.97. The monoisotopic (exact) mass is 217 g/mol. The average Bonchev–Trinajstić information content (AvgIpc) is 2.58. The van der Waals surface area contributed by atoms with Crippen LogP contribution < -0.4 is 0 Å². The van der Waals surface area contributed by atoms with Crippen LogP contribution in [0.2, 0.25) is 0 Å². The van der Waals surface area contributed by atoms with Crippen molar-refractivity contribution in [2.45, 2.75) is 12.5 Å². The number of hydrogen-bond acceptors (Lipinski definition) is 3. The summed E-state index contributed by atoms with van der Waals surface area (Å²) in [7, 11) is 0. The van der Waals surface area contributed by atoms with Gasteiger partial charge in [-0.05, 0) is 0 Å². The predicted molar refractivity (Wildman–Crippen MR) is 49.6 cm³/mol. The van der Waals surface area contributed by atoms with Crippen molar-refractivity contribution in [2.75, 3.05) is 26.3 Å². The smallest absolute Gasteiger partial charge is 0.283 e. The molecule has 1 fully saturated rings. The minimum atomic E-state index is -2.75. The van der Waals surface area contributed by atoms with E-state index in [1.54, 1.807) is 17.4 Å². The maximum absolute atomic E-state index is 13.2. The number of H-pyrrole nitrogens is 1. The third-order valence-electron chi connectivity index (χ3n) is 2.27. The molecule has 0 amide bonds. The molecule has 4 nitrogen and oxygen atoms in total. The minimum absolute atomic E-state index is 0.258. The van der Waals surface area contributed by atoms with Crippen molar-refractivity contribution in [3.63, 3.8) is 0 Å². The minimum Gasteiger partial charge on any atom is -0.374 e. The molecule has 0 radical (unpaired) electrons. The second-order valence-corrected chi connectivity index (χ2v) is 3.70. The van der Waals surface area contributed by atoms with Gasteiger partial charge >= 0.3 is 0 Å². The molecule has 1 N–H and O–H groups in total. The van der Waals surface area contributed by atoms with Gasteiger partial charge in [-0.1, -0.05) is 0 Å². The summed E-state index contributed by atoms with van der Waals surface area (Å²) in [5.74, 6) is -2.75. The molecule has 1 aliphatic heterocycles. The van der Waals surface area contributed by atoms with E-state index in [9.17, 15) is 8.78 Å². The number of imidazole rings is 1. The molecule has 1 aromatic rings. The van der Waals surface area contributed by atoms with E-state index < -0.39 is 12.5 Å². The van der Waals surface area contributed by atoms with E-state index >= 15 is 0 Å². The highest BCUT2D eigenvalue weighted by Gasteiger charge is 2.34. The Kier molecular flexibility index (Phi) is 2.97. The summed E-state index contributed by atoms with van der Waals surface area (Å²) in [5.41, 5.74) is 0.840. The van der Waals surface area contributed by atoms with Gasteiger partial charge in [0.15, 0.2) is 0 Å². The lowest BCUT2D eigenvalue weighted by molar-refractivity contribution is -0.0690. The molecule has 0 atom stereocenters. The van der Waals surface area contributed by atoms with Crippen LogP contribution in [0.15, 0.2) is 12.5 Å². The topological polar surface area (TPSA) is 41.1 Å². The van der Waals surface area contributed by atoms with Gasteiger partial charge in [-0.3, -0.25) is 4.90 Å². The van der Waals surface area contributed by atoms with Crippen LogP contribution in [-0.2, 0) is 11.3 Å². The zero-order valence-electron chi connectivity index (χ0n) is 8.25. The number of aromatic nitrogens is 2. The summed E-state index contributed by atoms with van der Waals surface area (Å²) >= 11 is 0. The zero-order valence-corrected chi connectivity index (χ0v) is 8.25. The van der Waals surface area contributed by atoms with E-state index in [0.29, 0.717) is 19.7 Å². The van der Waals surface area contributed by atoms with Gasteiger partial charge in [-0.2, -0.15) is 0 Å². The fraction of sp³-hybridized carbons (Fsp3) is 0.667. The number of hydrogen-bond donors (Lipinski definition) is 1. The van der Waals surface area contributed by atoms with Crippen molar-refractivity contribution >= 4 is 0 Å². The Labute approximate surface area is 86.2 Å². The predicted octanol–water partition coefficient (Wildman–Crippen LogP) is 0.877. The molecule has 0 aliphatic carbocycles. The molecule has 84 valence electrons. The van der Waals surface area contributed by atoms with E-state index in [2.05, 4.69) is 9.97 Å². The number of nitrogens with one attached hydrogen (secondary N) is 1. The van der Waals surface area contributed by atoms with Crippen molar-refractivity contribution in [3.8, 4) is 0 Å². The first kappa shape index (κ1) is 10.5. The average molecular weight is 217 g/mol. The van der Waals surface area contributed by atoms with E-state index in [1.165, 1.54) is 0 Å². The lowest BCUT2D eigenvalue weighted by Crippen LogP contribution is -2.37. The van der Waals surface area contributed by atoms with Crippen LogP contribution in [-0.4, -0.2) is 47.1 Å². The molecule has 0 saturated carbocycles. The van der Waals surface area contributed by atoms with E-state index in [-0.39, 0.29) is 6.54 Å². The van der Waals surface area contributed by atoms with Gasteiger partial charge in [0.2, 0.25) is 0 Å². The fourth-order valence-electron chi connectivity index (χ4n) is 1.61. The summed E-state index contributed by atoms with van der Waals surface area (Å²) < 4.78 is 31.1. The summed E-state index contributed by atoms with van der Waals surface area (Å²) in [6.45, 7) is 0.593. The second-order valence-electron chi connectivity index (χ2n) is 3.70. The summed E-state index contributed by atoms with van der Waals surface area (Å²) in [4.78, 5) is 8.41. The van der Waals surface area contributed by atoms with Crippen molar-refractivity contribution in [3.05, 3.63) is 18.2 Å². The number of halogens is 2. The Balaban J connectivity index is 1.96. The number of rotatable bonds is 2. The highest BCUT2D eigenvalue weighted by atomic mass is 19.3. The van der Waals surface area contributed by atoms with Gasteiger partial charge in [0.1, 0.15) is 6.61 Å². The standard InChI is InChI=1S/C9H13F2N3O/c10-9(11)5-14(1-2-15-6-9)4-8-3-12-7-13-8/h3,7H,1-2,4-6H2,(H,12,13). The quantitative estimate of drug-likeness (QED) is 0.799. The highest BCUT2D eigenvalue weighted by molar-refractivity contribution is 4.94. The molecule has 0 bridgehead atoms. The van der Waals surface area contributed by atoms with Crippen LogP contribution in [0.5, 0.6) is 0 Å². The van der Waals surface area contributed by atoms with Gasteiger partial charge < -0.3 is 9.72 Å². The number of alkyl halides is 2. The van der Waals surface area contributed by atoms with Crippen LogP contribution in [0.3, 0.4) is 0 Å². The first-order valence-corrected chi connectivity index (χ1v) is 4.81. The molecule has 2 rings (SSSR count). The van der Waals surface area contributed by atoms with Gasteiger partial charge in [0, 0.05) is 25.0 Å². The van der Waals surface area contributed by atoms with E-state index in [0.717, 1.165) is 5.69 Å². The van der Waals surface area contributed by atoms with Gasteiger partial charge in [0.05, 0.1) is 19.5 Å². The normalized spacial score (nSPS) is 22.5. The van der Waals surface area contributed by atoms with Crippen molar-refractivity contribution in [1.82, 2.24) is 14.9 Å². The summed E-state index contributed by atoms with van der Waals surface area (Å²) in [5, 5.41) is 0. The van der Waals surface area contributed by atoms with Crippen molar-refractivity contribution < 1.29 is 13.5 Å². The molecule has 15 heavy (non-hydrogen) atoms. The summed E-state index contributed by atoms with van der Waals surface area (Å²) in [6, 6.07) is 0. The van der Waals surface area contributed by atoms with Crippen LogP contribution in [0.4, 0.5) is 8.78 Å². The SMILES string of the molecule is FC1(F)COCCN(Cc2cnc[nH]2)C1. The maximum Gasteiger partial charge on any atom is 0.283 e. The van der Waals surface area contributed by atoms with Crippen LogP contribution in [0.25, 0.3) is 0 Å². The van der Waals surface area contributed by atoms with E-state index in [4.69, 9.17) is 4.74 Å². The van der Waals surface area contributed by atoms with Gasteiger partial charge in [-0.25, -0.2) is 13.8 Å². The molecular formula is C9H13F2N3O. The molecule has 1 saturated heterocycles. The molecule has 6 heteroatoms. The highest BCUT2D eigenvalue weighted by Crippen LogP contribution is 2.19. The first-order valence-electron chi connectivity index (χ1n) is 4.81.